The minimum Gasteiger partial charge on any atom is -0.454 e. The number of ether oxygens (including phenoxy) is 2. The summed E-state index contributed by atoms with van der Waals surface area (Å²) in [6, 6.07) is 11.3. The highest BCUT2D eigenvalue weighted by Gasteiger charge is 2.16. The van der Waals surface area contributed by atoms with Crippen molar-refractivity contribution in [3.8, 4) is 11.5 Å². The van der Waals surface area contributed by atoms with E-state index < -0.39 is 0 Å². The van der Waals surface area contributed by atoms with Gasteiger partial charge in [0.05, 0.1) is 0 Å². The van der Waals surface area contributed by atoms with Crippen LogP contribution in [0.2, 0.25) is 0 Å². The van der Waals surface area contributed by atoms with E-state index in [4.69, 9.17) is 9.47 Å². The minimum atomic E-state index is -0.170. The number of fused-ring (bicyclic) bond motifs is 1. The summed E-state index contributed by atoms with van der Waals surface area (Å²) in [5, 5.41) is 2.92. The zero-order valence-corrected chi connectivity index (χ0v) is 14.0. The zero-order valence-electron chi connectivity index (χ0n) is 14.0. The minimum absolute atomic E-state index is 0.170. The van der Waals surface area contributed by atoms with Gasteiger partial charge in [-0.15, -0.1) is 0 Å². The number of anilines is 1. The highest BCUT2D eigenvalue weighted by atomic mass is 16.7. The predicted molar refractivity (Wildman–Crippen MR) is 94.0 cm³/mol. The molecule has 1 amide bonds. The van der Waals surface area contributed by atoms with Crippen LogP contribution in [0, 0.1) is 0 Å². The summed E-state index contributed by atoms with van der Waals surface area (Å²) in [4.78, 5) is 19.2. The summed E-state index contributed by atoms with van der Waals surface area (Å²) in [5.74, 6) is 2.18. The lowest BCUT2D eigenvalue weighted by atomic mass is 10.1. The number of carbonyl (C=O) groups is 1. The van der Waals surface area contributed by atoms with Crippen molar-refractivity contribution < 1.29 is 14.3 Å². The number of rotatable bonds is 4. The maximum absolute atomic E-state index is 12.4. The molecule has 3 heterocycles. The Hall–Kier alpha value is -2.76. The third kappa shape index (κ3) is 3.52. The number of hydrogen-bond acceptors (Lipinski definition) is 5. The number of carbonyl (C=O) groups excluding carboxylic acids is 1. The monoisotopic (exact) mass is 339 g/mol. The topological polar surface area (TPSA) is 63.7 Å². The molecule has 0 bridgehead atoms. The zero-order chi connectivity index (χ0) is 17.1. The Labute approximate surface area is 146 Å². The molecule has 0 aliphatic carbocycles. The molecule has 1 saturated heterocycles. The van der Waals surface area contributed by atoms with E-state index in [1.165, 1.54) is 19.3 Å². The van der Waals surface area contributed by atoms with E-state index in [0.717, 1.165) is 36.0 Å². The van der Waals surface area contributed by atoms with Crippen LogP contribution in [0.5, 0.6) is 11.5 Å². The first-order valence-corrected chi connectivity index (χ1v) is 8.68. The van der Waals surface area contributed by atoms with E-state index in [-0.39, 0.29) is 12.7 Å². The summed E-state index contributed by atoms with van der Waals surface area (Å²) >= 11 is 0. The number of benzene rings is 1. The molecule has 2 aliphatic heterocycles. The standard InChI is InChI=1S/C19H21N3O3/c23-19(20-12-14-7-8-16-17(11-14)25-13-24-16)15-5-4-6-18(21-15)22-9-2-1-3-10-22/h4-8,11H,1-3,9-10,12-13H2,(H,20,23). The number of hydrogen-bond donors (Lipinski definition) is 1. The third-order valence-electron chi connectivity index (χ3n) is 4.54. The van der Waals surface area contributed by atoms with Crippen molar-refractivity contribution in [1.29, 1.82) is 0 Å². The smallest absolute Gasteiger partial charge is 0.270 e. The second kappa shape index (κ2) is 7.01. The average Bonchev–Trinajstić information content (AvgIpc) is 3.15. The number of aromatic nitrogens is 1. The Bertz CT molecular complexity index is 772. The van der Waals surface area contributed by atoms with Gasteiger partial charge in [-0.05, 0) is 49.1 Å². The van der Waals surface area contributed by atoms with Crippen molar-refractivity contribution in [3.63, 3.8) is 0 Å². The highest BCUT2D eigenvalue weighted by Crippen LogP contribution is 2.32. The SMILES string of the molecule is O=C(NCc1ccc2c(c1)OCO2)c1cccc(N2CCCCC2)n1. The Morgan fingerprint density at radius 3 is 2.80 bits per heavy atom. The molecule has 25 heavy (non-hydrogen) atoms. The van der Waals surface area contributed by atoms with Crippen LogP contribution < -0.4 is 19.7 Å². The van der Waals surface area contributed by atoms with Gasteiger partial charge < -0.3 is 19.7 Å². The fourth-order valence-electron chi connectivity index (χ4n) is 3.17. The Morgan fingerprint density at radius 2 is 1.92 bits per heavy atom. The Balaban J connectivity index is 1.41. The van der Waals surface area contributed by atoms with Gasteiger partial charge in [-0.25, -0.2) is 4.98 Å². The van der Waals surface area contributed by atoms with E-state index in [1.807, 2.05) is 30.3 Å². The maximum Gasteiger partial charge on any atom is 0.270 e. The first kappa shape index (κ1) is 15.7. The summed E-state index contributed by atoms with van der Waals surface area (Å²) in [7, 11) is 0. The van der Waals surface area contributed by atoms with Gasteiger partial charge >= 0.3 is 0 Å². The van der Waals surface area contributed by atoms with Gasteiger partial charge in [-0.1, -0.05) is 12.1 Å². The third-order valence-corrected chi connectivity index (χ3v) is 4.54. The molecule has 0 spiro atoms. The van der Waals surface area contributed by atoms with Crippen molar-refractivity contribution in [1.82, 2.24) is 10.3 Å². The van der Waals surface area contributed by atoms with E-state index >= 15 is 0 Å². The molecule has 1 fully saturated rings. The van der Waals surface area contributed by atoms with Crippen LogP contribution in [-0.2, 0) is 6.54 Å². The molecular formula is C19H21N3O3. The van der Waals surface area contributed by atoms with Gasteiger partial charge in [-0.3, -0.25) is 4.79 Å². The van der Waals surface area contributed by atoms with Gasteiger partial charge in [0.2, 0.25) is 6.79 Å². The largest absolute Gasteiger partial charge is 0.454 e. The second-order valence-corrected chi connectivity index (χ2v) is 6.30. The lowest BCUT2D eigenvalue weighted by Crippen LogP contribution is -2.31. The molecule has 0 unspecified atom stereocenters. The molecule has 1 aromatic heterocycles. The van der Waals surface area contributed by atoms with E-state index in [9.17, 15) is 4.79 Å². The molecule has 2 aromatic rings. The molecule has 2 aliphatic rings. The fraction of sp³-hybridized carbons (Fsp3) is 0.368. The van der Waals surface area contributed by atoms with Crippen LogP contribution in [0.3, 0.4) is 0 Å². The van der Waals surface area contributed by atoms with Crippen molar-refractivity contribution in [3.05, 3.63) is 47.7 Å². The molecule has 1 aromatic carbocycles. The predicted octanol–water partition coefficient (Wildman–Crippen LogP) is 2.73. The molecular weight excluding hydrogens is 318 g/mol. The van der Waals surface area contributed by atoms with Crippen molar-refractivity contribution >= 4 is 11.7 Å². The van der Waals surface area contributed by atoms with Gasteiger partial charge in [0.1, 0.15) is 11.5 Å². The van der Waals surface area contributed by atoms with Crippen molar-refractivity contribution in [2.75, 3.05) is 24.8 Å². The first-order chi connectivity index (χ1) is 12.3. The summed E-state index contributed by atoms with van der Waals surface area (Å²) < 4.78 is 10.7. The molecule has 4 rings (SSSR count). The molecule has 0 radical (unpaired) electrons. The lowest BCUT2D eigenvalue weighted by Gasteiger charge is -2.27. The van der Waals surface area contributed by atoms with Gasteiger partial charge in [0.15, 0.2) is 11.5 Å². The van der Waals surface area contributed by atoms with Crippen LogP contribution in [0.1, 0.15) is 35.3 Å². The molecule has 0 saturated carbocycles. The number of pyridine rings is 1. The normalized spacial score (nSPS) is 15.9. The number of nitrogens with zero attached hydrogens (tertiary/aromatic N) is 2. The van der Waals surface area contributed by atoms with Gasteiger partial charge in [0.25, 0.3) is 5.91 Å². The quantitative estimate of drug-likeness (QED) is 0.928. The van der Waals surface area contributed by atoms with Crippen molar-refractivity contribution in [2.24, 2.45) is 0 Å². The van der Waals surface area contributed by atoms with Gasteiger partial charge in [0, 0.05) is 19.6 Å². The molecule has 0 atom stereocenters. The molecule has 6 heteroatoms. The summed E-state index contributed by atoms with van der Waals surface area (Å²) in [6.45, 7) is 2.69. The molecule has 1 N–H and O–H groups in total. The summed E-state index contributed by atoms with van der Waals surface area (Å²) in [6.07, 6.45) is 3.64. The number of nitrogens with one attached hydrogen (secondary N) is 1. The van der Waals surface area contributed by atoms with Crippen molar-refractivity contribution in [2.45, 2.75) is 25.8 Å². The second-order valence-electron chi connectivity index (χ2n) is 6.30. The molecule has 6 nitrogen and oxygen atoms in total. The van der Waals surface area contributed by atoms with Crippen LogP contribution in [-0.4, -0.2) is 30.8 Å². The first-order valence-electron chi connectivity index (χ1n) is 8.68. The molecule has 130 valence electrons. The Morgan fingerprint density at radius 1 is 1.08 bits per heavy atom. The van der Waals surface area contributed by atoms with Crippen LogP contribution in [0.4, 0.5) is 5.82 Å². The fourth-order valence-corrected chi connectivity index (χ4v) is 3.17. The van der Waals surface area contributed by atoms with E-state index in [0.29, 0.717) is 12.2 Å². The maximum atomic E-state index is 12.4. The van der Waals surface area contributed by atoms with Crippen LogP contribution in [0.25, 0.3) is 0 Å². The average molecular weight is 339 g/mol. The van der Waals surface area contributed by atoms with Crippen LogP contribution >= 0.6 is 0 Å². The van der Waals surface area contributed by atoms with Gasteiger partial charge in [-0.2, -0.15) is 0 Å². The highest BCUT2D eigenvalue weighted by molar-refractivity contribution is 5.92. The summed E-state index contributed by atoms with van der Waals surface area (Å²) in [5.41, 5.74) is 1.41. The van der Waals surface area contributed by atoms with E-state index in [2.05, 4.69) is 15.2 Å². The number of piperidine rings is 1. The lowest BCUT2D eigenvalue weighted by molar-refractivity contribution is 0.0946. The Kier molecular flexibility index (Phi) is 4.41. The van der Waals surface area contributed by atoms with Crippen LogP contribution in [0.15, 0.2) is 36.4 Å². The number of amides is 1. The van der Waals surface area contributed by atoms with E-state index in [1.54, 1.807) is 6.07 Å².